The van der Waals surface area contributed by atoms with Gasteiger partial charge >= 0.3 is 0 Å². The maximum Gasteiger partial charge on any atom is 0.135 e. The SMILES string of the molecule is OC1CCCc2nnc(CC3CCNC3)n21. The Hall–Kier alpha value is -0.940. The van der Waals surface area contributed by atoms with Crippen molar-refractivity contribution in [1.29, 1.82) is 0 Å². The molecule has 2 N–H and O–H groups in total. The second kappa shape index (κ2) is 4.14. The number of aromatic nitrogens is 3. The number of rotatable bonds is 2. The van der Waals surface area contributed by atoms with Crippen molar-refractivity contribution in [1.82, 2.24) is 20.1 Å². The van der Waals surface area contributed by atoms with E-state index in [1.54, 1.807) is 0 Å². The second-order valence-electron chi connectivity index (χ2n) is 4.84. The summed E-state index contributed by atoms with van der Waals surface area (Å²) in [7, 11) is 0. The van der Waals surface area contributed by atoms with Crippen LogP contribution >= 0.6 is 0 Å². The highest BCUT2D eigenvalue weighted by Gasteiger charge is 2.25. The molecule has 0 amide bonds. The van der Waals surface area contributed by atoms with Crippen LogP contribution in [0.1, 0.15) is 37.1 Å². The van der Waals surface area contributed by atoms with Crippen LogP contribution in [0, 0.1) is 5.92 Å². The summed E-state index contributed by atoms with van der Waals surface area (Å²) in [4.78, 5) is 0. The molecule has 0 aromatic carbocycles. The lowest BCUT2D eigenvalue weighted by molar-refractivity contribution is 0.0743. The largest absolute Gasteiger partial charge is 0.373 e. The average Bonchev–Trinajstić information content (AvgIpc) is 2.90. The fourth-order valence-electron chi connectivity index (χ4n) is 2.73. The first-order valence-corrected chi connectivity index (χ1v) is 6.16. The molecular formula is C11H18N4O. The summed E-state index contributed by atoms with van der Waals surface area (Å²) in [5.41, 5.74) is 0. The first kappa shape index (κ1) is 10.2. The van der Waals surface area contributed by atoms with Crippen molar-refractivity contribution >= 4 is 0 Å². The van der Waals surface area contributed by atoms with E-state index in [4.69, 9.17) is 0 Å². The lowest BCUT2D eigenvalue weighted by atomic mass is 10.0. The summed E-state index contributed by atoms with van der Waals surface area (Å²) in [6, 6.07) is 0. The maximum atomic E-state index is 9.97. The Morgan fingerprint density at radius 2 is 2.31 bits per heavy atom. The highest BCUT2D eigenvalue weighted by atomic mass is 16.3. The van der Waals surface area contributed by atoms with E-state index < -0.39 is 6.23 Å². The molecule has 2 aliphatic heterocycles. The Kier molecular flexibility index (Phi) is 2.65. The van der Waals surface area contributed by atoms with E-state index in [0.717, 1.165) is 50.4 Å². The third-order valence-electron chi connectivity index (χ3n) is 3.63. The third-order valence-corrected chi connectivity index (χ3v) is 3.63. The molecule has 1 aromatic heterocycles. The fourth-order valence-corrected chi connectivity index (χ4v) is 2.73. The number of aliphatic hydroxyl groups is 1. The molecule has 2 unspecified atom stereocenters. The number of fused-ring (bicyclic) bond motifs is 1. The molecule has 2 atom stereocenters. The zero-order chi connectivity index (χ0) is 11.0. The molecule has 3 rings (SSSR count). The first-order chi connectivity index (χ1) is 7.84. The molecule has 5 nitrogen and oxygen atoms in total. The molecule has 0 aliphatic carbocycles. The summed E-state index contributed by atoms with van der Waals surface area (Å²) in [5.74, 6) is 2.58. The number of aryl methyl sites for hydroxylation is 1. The van der Waals surface area contributed by atoms with Gasteiger partial charge in [0.15, 0.2) is 0 Å². The molecule has 0 radical (unpaired) electrons. The molecule has 1 fully saturated rings. The van der Waals surface area contributed by atoms with Crippen molar-refractivity contribution in [2.45, 2.75) is 38.3 Å². The van der Waals surface area contributed by atoms with Gasteiger partial charge in [-0.15, -0.1) is 10.2 Å². The van der Waals surface area contributed by atoms with Gasteiger partial charge in [0.2, 0.25) is 0 Å². The average molecular weight is 222 g/mol. The van der Waals surface area contributed by atoms with Gasteiger partial charge < -0.3 is 10.4 Å². The van der Waals surface area contributed by atoms with Crippen molar-refractivity contribution in [3.63, 3.8) is 0 Å². The van der Waals surface area contributed by atoms with Gasteiger partial charge in [-0.2, -0.15) is 0 Å². The van der Waals surface area contributed by atoms with Crippen molar-refractivity contribution in [3.05, 3.63) is 11.6 Å². The topological polar surface area (TPSA) is 63.0 Å². The molecule has 2 aliphatic rings. The van der Waals surface area contributed by atoms with Gasteiger partial charge in [0, 0.05) is 12.8 Å². The molecule has 1 aromatic rings. The van der Waals surface area contributed by atoms with Crippen molar-refractivity contribution in [2.75, 3.05) is 13.1 Å². The normalized spacial score (nSPS) is 29.3. The summed E-state index contributed by atoms with van der Waals surface area (Å²) in [6.07, 6.45) is 4.55. The molecule has 5 heteroatoms. The smallest absolute Gasteiger partial charge is 0.135 e. The van der Waals surface area contributed by atoms with E-state index in [1.807, 2.05) is 4.57 Å². The van der Waals surface area contributed by atoms with Crippen LogP contribution in [0.4, 0.5) is 0 Å². The van der Waals surface area contributed by atoms with E-state index in [-0.39, 0.29) is 0 Å². The molecule has 88 valence electrons. The minimum absolute atomic E-state index is 0.400. The quantitative estimate of drug-likeness (QED) is 0.753. The van der Waals surface area contributed by atoms with E-state index in [0.29, 0.717) is 5.92 Å². The Morgan fingerprint density at radius 1 is 1.38 bits per heavy atom. The van der Waals surface area contributed by atoms with Crippen LogP contribution in [0.15, 0.2) is 0 Å². The summed E-state index contributed by atoms with van der Waals surface area (Å²) < 4.78 is 1.95. The summed E-state index contributed by atoms with van der Waals surface area (Å²) in [6.45, 7) is 2.17. The van der Waals surface area contributed by atoms with E-state index in [2.05, 4.69) is 15.5 Å². The Morgan fingerprint density at radius 3 is 3.12 bits per heavy atom. The second-order valence-corrected chi connectivity index (χ2v) is 4.84. The summed E-state index contributed by atoms with van der Waals surface area (Å²) in [5, 5.41) is 21.7. The fraction of sp³-hybridized carbons (Fsp3) is 0.818. The van der Waals surface area contributed by atoms with Crippen LogP contribution in [0.3, 0.4) is 0 Å². The minimum Gasteiger partial charge on any atom is -0.373 e. The van der Waals surface area contributed by atoms with Crippen LogP contribution in [-0.4, -0.2) is 33.0 Å². The first-order valence-electron chi connectivity index (χ1n) is 6.16. The van der Waals surface area contributed by atoms with Gasteiger partial charge in [-0.25, -0.2) is 0 Å². The van der Waals surface area contributed by atoms with Gasteiger partial charge in [-0.05, 0) is 38.3 Å². The van der Waals surface area contributed by atoms with Crippen LogP contribution in [0.25, 0.3) is 0 Å². The van der Waals surface area contributed by atoms with Gasteiger partial charge in [0.05, 0.1) is 0 Å². The highest BCUT2D eigenvalue weighted by Crippen LogP contribution is 2.24. The summed E-state index contributed by atoms with van der Waals surface area (Å²) >= 11 is 0. The number of aliphatic hydroxyl groups excluding tert-OH is 1. The number of hydrogen-bond acceptors (Lipinski definition) is 4. The molecular weight excluding hydrogens is 204 g/mol. The molecule has 0 saturated carbocycles. The van der Waals surface area contributed by atoms with Crippen molar-refractivity contribution in [2.24, 2.45) is 5.92 Å². The minimum atomic E-state index is -0.400. The third kappa shape index (κ3) is 1.74. The highest BCUT2D eigenvalue weighted by molar-refractivity contribution is 5.02. The van der Waals surface area contributed by atoms with Crippen LogP contribution in [0.2, 0.25) is 0 Å². The lowest BCUT2D eigenvalue weighted by Crippen LogP contribution is -2.21. The van der Waals surface area contributed by atoms with Gasteiger partial charge in [-0.1, -0.05) is 0 Å². The van der Waals surface area contributed by atoms with Gasteiger partial charge in [-0.3, -0.25) is 4.57 Å². The van der Waals surface area contributed by atoms with Crippen molar-refractivity contribution in [3.8, 4) is 0 Å². The zero-order valence-electron chi connectivity index (χ0n) is 9.39. The molecule has 3 heterocycles. The predicted octanol–water partition coefficient (Wildman–Crippen LogP) is 0.257. The van der Waals surface area contributed by atoms with Gasteiger partial charge in [0.25, 0.3) is 0 Å². The molecule has 1 saturated heterocycles. The Bertz CT molecular complexity index is 370. The number of nitrogens with zero attached hydrogens (tertiary/aromatic N) is 3. The van der Waals surface area contributed by atoms with Crippen LogP contribution in [0.5, 0.6) is 0 Å². The van der Waals surface area contributed by atoms with Crippen molar-refractivity contribution < 1.29 is 5.11 Å². The van der Waals surface area contributed by atoms with Crippen LogP contribution < -0.4 is 5.32 Å². The molecule has 0 bridgehead atoms. The lowest BCUT2D eigenvalue weighted by Gasteiger charge is -2.22. The number of nitrogens with one attached hydrogen (secondary N) is 1. The van der Waals surface area contributed by atoms with Gasteiger partial charge in [0.1, 0.15) is 17.9 Å². The van der Waals surface area contributed by atoms with E-state index in [9.17, 15) is 5.11 Å². The van der Waals surface area contributed by atoms with Crippen LogP contribution in [-0.2, 0) is 12.8 Å². The Balaban J connectivity index is 1.81. The predicted molar refractivity (Wildman–Crippen MR) is 58.9 cm³/mol. The van der Waals surface area contributed by atoms with E-state index >= 15 is 0 Å². The Labute approximate surface area is 94.9 Å². The number of hydrogen-bond donors (Lipinski definition) is 2. The standard InChI is InChI=1S/C11H18N4O/c16-11-3-1-2-9-13-14-10(15(9)11)6-8-4-5-12-7-8/h8,11-12,16H,1-7H2. The zero-order valence-corrected chi connectivity index (χ0v) is 9.39. The maximum absolute atomic E-state index is 9.97. The van der Waals surface area contributed by atoms with E-state index in [1.165, 1.54) is 6.42 Å². The molecule has 0 spiro atoms. The molecule has 16 heavy (non-hydrogen) atoms. The monoisotopic (exact) mass is 222 g/mol.